The first-order valence-electron chi connectivity index (χ1n) is 12.9. The average Bonchev–Trinajstić information content (AvgIpc) is 3.32. The number of hydrazine groups is 1. The maximum Gasteiger partial charge on any atom is 0.392 e. The van der Waals surface area contributed by atoms with Gasteiger partial charge in [-0.1, -0.05) is 0 Å². The number of hydrogen-bond acceptors (Lipinski definition) is 7. The van der Waals surface area contributed by atoms with Crippen LogP contribution in [0.25, 0.3) is 0 Å². The second kappa shape index (κ2) is 12.0. The number of aliphatic hydroxyl groups is 1. The summed E-state index contributed by atoms with van der Waals surface area (Å²) in [5, 5.41) is 11.9. The fourth-order valence-electron chi connectivity index (χ4n) is 5.69. The topological polar surface area (TPSA) is 87.4 Å². The van der Waals surface area contributed by atoms with Gasteiger partial charge in [-0.15, -0.1) is 0 Å². The van der Waals surface area contributed by atoms with Crippen LogP contribution in [0, 0.1) is 10.8 Å². The quantitative estimate of drug-likeness (QED) is 0.475. The van der Waals surface area contributed by atoms with Crippen molar-refractivity contribution in [2.45, 2.75) is 57.7 Å². The van der Waals surface area contributed by atoms with Crippen LogP contribution in [-0.2, 0) is 4.74 Å². The van der Waals surface area contributed by atoms with E-state index in [9.17, 15) is 14.4 Å². The molecule has 2 saturated heterocycles. The third kappa shape index (κ3) is 6.30. The van der Waals surface area contributed by atoms with Gasteiger partial charge in [-0.2, -0.15) is 0 Å². The van der Waals surface area contributed by atoms with Crippen LogP contribution < -0.4 is 9.47 Å². The smallest absolute Gasteiger partial charge is 0.392 e. The number of rotatable bonds is 9. The van der Waals surface area contributed by atoms with Gasteiger partial charge in [0.1, 0.15) is 17.7 Å². The van der Waals surface area contributed by atoms with E-state index in [2.05, 4.69) is 9.88 Å². The van der Waals surface area contributed by atoms with Crippen molar-refractivity contribution in [3.05, 3.63) is 52.4 Å². The van der Waals surface area contributed by atoms with E-state index in [4.69, 9.17) is 14.2 Å². The van der Waals surface area contributed by atoms with Crippen molar-refractivity contribution in [2.75, 3.05) is 40.5 Å². The zero-order valence-electron chi connectivity index (χ0n) is 22.1. The van der Waals surface area contributed by atoms with Gasteiger partial charge in [-0.25, -0.2) is 9.40 Å². The lowest BCUT2D eigenvalue weighted by molar-refractivity contribution is -0.647. The molecule has 9 nitrogen and oxygen atoms in total. The molecule has 2 fully saturated rings. The highest BCUT2D eigenvalue weighted by Crippen LogP contribution is 2.36. The lowest BCUT2D eigenvalue weighted by Gasteiger charge is -2.39. The molecule has 3 aliphatic rings. The molecular formula is C27H38FN4O5+. The number of nitroso groups, excluding NO2 is 1. The van der Waals surface area contributed by atoms with Gasteiger partial charge in [0.25, 0.3) is 0 Å². The van der Waals surface area contributed by atoms with E-state index in [0.717, 1.165) is 48.7 Å². The molecule has 37 heavy (non-hydrogen) atoms. The normalized spacial score (nSPS) is 24.1. The van der Waals surface area contributed by atoms with Crippen LogP contribution in [0.15, 0.2) is 47.5 Å². The number of methoxy groups -OCH3 is 2. The van der Waals surface area contributed by atoms with Gasteiger partial charge in [-0.05, 0) is 80.7 Å². The maximum absolute atomic E-state index is 14.0. The van der Waals surface area contributed by atoms with Crippen molar-refractivity contribution in [3.63, 3.8) is 0 Å². The molecule has 0 saturated carbocycles. The summed E-state index contributed by atoms with van der Waals surface area (Å²) in [6.07, 6.45) is 8.08. The van der Waals surface area contributed by atoms with E-state index in [1.165, 1.54) is 13.2 Å². The van der Waals surface area contributed by atoms with Crippen LogP contribution in [-0.4, -0.2) is 83.5 Å². The number of pyridine rings is 1. The van der Waals surface area contributed by atoms with E-state index in [1.807, 2.05) is 13.8 Å². The molecule has 0 amide bonds. The Balaban J connectivity index is 1.39. The number of allylic oxidation sites excluding steroid dienone is 3. The monoisotopic (exact) mass is 517 g/mol. The number of halogens is 1. The molecule has 1 aliphatic carbocycles. The maximum atomic E-state index is 14.0. The Hall–Kier alpha value is -2.98. The predicted molar refractivity (Wildman–Crippen MR) is 138 cm³/mol. The fourth-order valence-corrected chi connectivity index (χ4v) is 5.69. The largest absolute Gasteiger partial charge is 0.508 e. The lowest BCUT2D eigenvalue weighted by Crippen LogP contribution is -2.47. The molecule has 1 aromatic rings. The summed E-state index contributed by atoms with van der Waals surface area (Å²) >= 11 is 0. The molecule has 1 aromatic heterocycles. The summed E-state index contributed by atoms with van der Waals surface area (Å²) in [4.78, 5) is 20.8. The second-order valence-electron chi connectivity index (χ2n) is 10.0. The first-order chi connectivity index (χ1) is 17.8. The van der Waals surface area contributed by atoms with Gasteiger partial charge in [0.2, 0.25) is 5.75 Å². The van der Waals surface area contributed by atoms with Gasteiger partial charge < -0.3 is 19.3 Å². The number of aromatic nitrogens is 1. The molecule has 0 spiro atoms. The minimum absolute atomic E-state index is 0.0365. The molecule has 4 rings (SSSR count). The van der Waals surface area contributed by atoms with Gasteiger partial charge in [0.15, 0.2) is 0 Å². The number of piperidine rings is 1. The third-order valence-corrected chi connectivity index (χ3v) is 7.39. The van der Waals surface area contributed by atoms with Gasteiger partial charge in [0.05, 0.1) is 37.7 Å². The first-order valence-corrected chi connectivity index (χ1v) is 12.9. The molecule has 202 valence electrons. The van der Waals surface area contributed by atoms with Crippen LogP contribution >= 0.6 is 0 Å². The summed E-state index contributed by atoms with van der Waals surface area (Å²) in [6, 6.07) is 3.53. The summed E-state index contributed by atoms with van der Waals surface area (Å²) in [5.74, 6) is 0.915. The zero-order chi connectivity index (χ0) is 26.5. The van der Waals surface area contributed by atoms with Crippen molar-refractivity contribution in [3.8, 4) is 11.6 Å². The van der Waals surface area contributed by atoms with Crippen molar-refractivity contribution >= 4 is 5.82 Å². The molecule has 0 bridgehead atoms. The SMILES string of the molecule is COCC(C)Oc1ccc([N+](=O)N2CCC(C3CCCN3C3C=C(O)C=C(F)C=C3C)CC2)nc1OC. The lowest BCUT2D eigenvalue weighted by atomic mass is 9.87. The summed E-state index contributed by atoms with van der Waals surface area (Å²) < 4.78 is 30.3. The van der Waals surface area contributed by atoms with Crippen LogP contribution in [0.5, 0.6) is 11.6 Å². The van der Waals surface area contributed by atoms with Crippen molar-refractivity contribution in [1.29, 1.82) is 0 Å². The highest BCUT2D eigenvalue weighted by Gasteiger charge is 2.39. The summed E-state index contributed by atoms with van der Waals surface area (Å²) in [6.45, 7) is 6.35. The van der Waals surface area contributed by atoms with Crippen molar-refractivity contribution in [1.82, 2.24) is 14.9 Å². The number of likely N-dealkylation sites (tertiary alicyclic amines) is 1. The molecule has 2 aliphatic heterocycles. The summed E-state index contributed by atoms with van der Waals surface area (Å²) in [5.41, 5.74) is 0.886. The highest BCUT2D eigenvalue weighted by atomic mass is 19.1. The van der Waals surface area contributed by atoms with Crippen LogP contribution in [0.4, 0.5) is 10.2 Å². The van der Waals surface area contributed by atoms with Gasteiger partial charge in [0, 0.05) is 30.3 Å². The number of hydrogen-bond donors (Lipinski definition) is 1. The van der Waals surface area contributed by atoms with E-state index in [1.54, 1.807) is 30.3 Å². The molecule has 10 heteroatoms. The Morgan fingerprint density at radius 2 is 1.95 bits per heavy atom. The van der Waals surface area contributed by atoms with E-state index in [-0.39, 0.29) is 29.6 Å². The van der Waals surface area contributed by atoms with Gasteiger partial charge in [-0.3, -0.25) is 4.90 Å². The first kappa shape index (κ1) is 27.1. The minimum Gasteiger partial charge on any atom is -0.508 e. The number of nitrogens with zero attached hydrogens (tertiary/aromatic N) is 4. The van der Waals surface area contributed by atoms with E-state index < -0.39 is 5.83 Å². The Morgan fingerprint density at radius 1 is 1.19 bits per heavy atom. The predicted octanol–water partition coefficient (Wildman–Crippen LogP) is 4.63. The Morgan fingerprint density at radius 3 is 2.65 bits per heavy atom. The zero-order valence-corrected chi connectivity index (χ0v) is 22.1. The molecule has 0 aromatic carbocycles. The van der Waals surface area contributed by atoms with Crippen molar-refractivity contribution < 1.29 is 28.6 Å². The molecule has 0 radical (unpaired) electrons. The number of ether oxygens (including phenoxy) is 3. The summed E-state index contributed by atoms with van der Waals surface area (Å²) in [7, 11) is 3.11. The molecule has 1 N–H and O–H groups in total. The molecular weight excluding hydrogens is 479 g/mol. The Kier molecular flexibility index (Phi) is 8.81. The highest BCUT2D eigenvalue weighted by molar-refractivity contribution is 5.39. The molecule has 3 heterocycles. The molecule has 3 atom stereocenters. The second-order valence-corrected chi connectivity index (χ2v) is 10.0. The Bertz CT molecular complexity index is 1070. The standard InChI is InChI=1S/C27H37FN4O5/c1-18-14-21(28)15-22(33)16-24(18)31-11-5-6-23(31)20-9-12-30(13-10-20)32(34)26-8-7-25(27(29-26)36-4)37-19(2)17-35-3/h7-8,14-16,19-20,23-24H,5-6,9-13,17H2,1-4H3/p+1. The average molecular weight is 518 g/mol. The Labute approximate surface area is 217 Å². The van der Waals surface area contributed by atoms with Gasteiger partial charge >= 0.3 is 11.7 Å². The van der Waals surface area contributed by atoms with E-state index >= 15 is 0 Å². The minimum atomic E-state index is -0.428. The van der Waals surface area contributed by atoms with Crippen LogP contribution in [0.1, 0.15) is 39.5 Å². The number of aliphatic hydroxyl groups excluding tert-OH is 1. The third-order valence-electron chi connectivity index (χ3n) is 7.39. The molecule has 3 unspecified atom stereocenters. The van der Waals surface area contributed by atoms with Crippen LogP contribution in [0.3, 0.4) is 0 Å². The van der Waals surface area contributed by atoms with Crippen LogP contribution in [0.2, 0.25) is 0 Å². The van der Waals surface area contributed by atoms with Crippen molar-refractivity contribution in [2.24, 2.45) is 5.92 Å². The fraction of sp³-hybridized carbons (Fsp3) is 0.593. The van der Waals surface area contributed by atoms with E-state index in [0.29, 0.717) is 37.4 Å².